The Morgan fingerprint density at radius 1 is 1.23 bits per heavy atom. The molecule has 2 aliphatic rings. The maximum Gasteiger partial charge on any atom is 0.193 e. The number of hydrogen-bond donors (Lipinski definition) is 1. The minimum absolute atomic E-state index is 0. The fourth-order valence-electron chi connectivity index (χ4n) is 3.96. The van der Waals surface area contributed by atoms with Gasteiger partial charge in [0.1, 0.15) is 0 Å². The highest BCUT2D eigenvalue weighted by molar-refractivity contribution is 14.0. The van der Waals surface area contributed by atoms with Crippen molar-refractivity contribution >= 4 is 29.9 Å². The zero-order valence-corrected chi connectivity index (χ0v) is 18.8. The summed E-state index contributed by atoms with van der Waals surface area (Å²) in [5.41, 5.74) is 0. The quantitative estimate of drug-likeness (QED) is 0.405. The van der Waals surface area contributed by atoms with Crippen LogP contribution in [0.25, 0.3) is 0 Å². The van der Waals surface area contributed by atoms with Gasteiger partial charge in [-0.15, -0.1) is 24.0 Å². The summed E-state index contributed by atoms with van der Waals surface area (Å²) in [6.07, 6.45) is 7.06. The first-order chi connectivity index (χ1) is 12.1. The van der Waals surface area contributed by atoms with Gasteiger partial charge in [0.2, 0.25) is 0 Å². The number of guanidine groups is 1. The SMILES string of the molecule is CN=C(NCC1CN(C)CCN1C)N1CCC(C)C(n2ccnc2)C1.I. The van der Waals surface area contributed by atoms with E-state index in [0.29, 0.717) is 18.0 Å². The van der Waals surface area contributed by atoms with E-state index in [4.69, 9.17) is 0 Å². The molecule has 2 fully saturated rings. The smallest absolute Gasteiger partial charge is 0.193 e. The van der Waals surface area contributed by atoms with Crippen molar-refractivity contribution < 1.29 is 0 Å². The Hall–Kier alpha value is -0.870. The van der Waals surface area contributed by atoms with Crippen LogP contribution in [0.4, 0.5) is 0 Å². The van der Waals surface area contributed by atoms with Crippen LogP contribution in [0.5, 0.6) is 0 Å². The number of likely N-dealkylation sites (N-methyl/N-ethyl adjacent to an activating group) is 2. The molecule has 1 aromatic heterocycles. The molecule has 7 nitrogen and oxygen atoms in total. The molecule has 2 saturated heterocycles. The fourth-order valence-corrected chi connectivity index (χ4v) is 3.96. The molecule has 0 saturated carbocycles. The third-order valence-corrected chi connectivity index (χ3v) is 5.81. The largest absolute Gasteiger partial charge is 0.355 e. The van der Waals surface area contributed by atoms with Crippen LogP contribution in [0.2, 0.25) is 0 Å². The molecule has 3 heterocycles. The molecule has 3 rings (SSSR count). The van der Waals surface area contributed by atoms with Crippen LogP contribution in [0.3, 0.4) is 0 Å². The lowest BCUT2D eigenvalue weighted by atomic mass is 9.93. The number of likely N-dealkylation sites (tertiary alicyclic amines) is 1. The van der Waals surface area contributed by atoms with Crippen molar-refractivity contribution in [3.63, 3.8) is 0 Å². The summed E-state index contributed by atoms with van der Waals surface area (Å²) in [4.78, 5) is 16.0. The number of aromatic nitrogens is 2. The van der Waals surface area contributed by atoms with Crippen molar-refractivity contribution in [1.82, 2.24) is 29.6 Å². The van der Waals surface area contributed by atoms with Crippen LogP contribution < -0.4 is 5.32 Å². The molecule has 1 aromatic rings. The van der Waals surface area contributed by atoms with Gasteiger partial charge in [-0.05, 0) is 26.4 Å². The van der Waals surface area contributed by atoms with E-state index in [1.807, 2.05) is 19.6 Å². The summed E-state index contributed by atoms with van der Waals surface area (Å²) < 4.78 is 2.24. The van der Waals surface area contributed by atoms with Crippen LogP contribution in [0.15, 0.2) is 23.7 Å². The lowest BCUT2D eigenvalue weighted by Gasteiger charge is -2.41. The van der Waals surface area contributed by atoms with Gasteiger partial charge < -0.3 is 19.7 Å². The molecular weight excluding hydrogens is 441 g/mol. The van der Waals surface area contributed by atoms with Crippen molar-refractivity contribution in [2.45, 2.75) is 25.4 Å². The van der Waals surface area contributed by atoms with Crippen molar-refractivity contribution in [1.29, 1.82) is 0 Å². The van der Waals surface area contributed by atoms with Crippen LogP contribution in [-0.4, -0.2) is 96.7 Å². The normalized spacial score (nSPS) is 28.7. The Morgan fingerprint density at radius 2 is 2.04 bits per heavy atom. The number of imidazole rings is 1. The molecule has 0 aromatic carbocycles. The molecule has 0 aliphatic carbocycles. The minimum Gasteiger partial charge on any atom is -0.355 e. The number of piperidine rings is 1. The standard InChI is InChI=1S/C18H33N7.HI/c1-15-5-7-24(13-17(15)25-8-6-20-14-25)18(19-2)21-11-16-12-22(3)9-10-23(16)4;/h6,8,14-17H,5,7,9-13H2,1-4H3,(H,19,21);1H. The number of hydrogen-bond acceptors (Lipinski definition) is 4. The van der Waals surface area contributed by atoms with Gasteiger partial charge in [-0.3, -0.25) is 9.89 Å². The van der Waals surface area contributed by atoms with Crippen molar-refractivity contribution in [2.24, 2.45) is 10.9 Å². The van der Waals surface area contributed by atoms with Gasteiger partial charge in [-0.25, -0.2) is 4.98 Å². The van der Waals surface area contributed by atoms with Crippen molar-refractivity contribution in [3.05, 3.63) is 18.7 Å². The predicted molar refractivity (Wildman–Crippen MR) is 117 cm³/mol. The summed E-state index contributed by atoms with van der Waals surface area (Å²) in [5.74, 6) is 1.68. The molecule has 3 unspecified atom stereocenters. The Bertz CT molecular complexity index is 562. The first-order valence-electron chi connectivity index (χ1n) is 9.40. The summed E-state index contributed by atoms with van der Waals surface area (Å²) in [5, 5.41) is 3.62. The fraction of sp³-hybridized carbons (Fsp3) is 0.778. The highest BCUT2D eigenvalue weighted by Gasteiger charge is 2.29. The predicted octanol–water partition coefficient (Wildman–Crippen LogP) is 1.21. The van der Waals surface area contributed by atoms with E-state index in [9.17, 15) is 0 Å². The summed E-state index contributed by atoms with van der Waals surface area (Å²) in [6.45, 7) is 8.71. The third kappa shape index (κ3) is 5.10. The first kappa shape index (κ1) is 21.4. The molecule has 1 N–H and O–H groups in total. The van der Waals surface area contributed by atoms with E-state index in [1.54, 1.807) is 0 Å². The first-order valence-corrected chi connectivity index (χ1v) is 9.40. The van der Waals surface area contributed by atoms with E-state index in [2.05, 4.69) is 61.8 Å². The molecule has 148 valence electrons. The number of nitrogens with zero attached hydrogens (tertiary/aromatic N) is 6. The van der Waals surface area contributed by atoms with Crippen molar-refractivity contribution in [2.75, 3.05) is 60.4 Å². The molecule has 0 radical (unpaired) electrons. The maximum absolute atomic E-state index is 4.56. The highest BCUT2D eigenvalue weighted by Crippen LogP contribution is 2.27. The molecule has 0 spiro atoms. The monoisotopic (exact) mass is 475 g/mol. The van der Waals surface area contributed by atoms with Crippen LogP contribution in [0, 0.1) is 5.92 Å². The summed E-state index contributed by atoms with van der Waals surface area (Å²) >= 11 is 0. The number of rotatable bonds is 3. The second kappa shape index (κ2) is 9.89. The Balaban J connectivity index is 0.00000243. The van der Waals surface area contributed by atoms with Gasteiger partial charge in [0.15, 0.2) is 5.96 Å². The third-order valence-electron chi connectivity index (χ3n) is 5.81. The number of piperazine rings is 1. The minimum atomic E-state index is 0. The second-order valence-electron chi connectivity index (χ2n) is 7.61. The maximum atomic E-state index is 4.56. The van der Waals surface area contributed by atoms with E-state index in [1.165, 1.54) is 6.42 Å². The van der Waals surface area contributed by atoms with Gasteiger partial charge in [0, 0.05) is 64.8 Å². The van der Waals surface area contributed by atoms with Gasteiger partial charge in [-0.1, -0.05) is 6.92 Å². The number of nitrogens with one attached hydrogen (secondary N) is 1. The lowest BCUT2D eigenvalue weighted by Crippen LogP contribution is -2.56. The molecule has 3 atom stereocenters. The topological polar surface area (TPSA) is 51.9 Å². The molecular formula is C18H34IN7. The zero-order valence-electron chi connectivity index (χ0n) is 16.5. The zero-order chi connectivity index (χ0) is 17.8. The molecule has 26 heavy (non-hydrogen) atoms. The average molecular weight is 475 g/mol. The Labute approximate surface area is 174 Å². The van der Waals surface area contributed by atoms with Gasteiger partial charge in [0.05, 0.1) is 12.4 Å². The Morgan fingerprint density at radius 3 is 2.73 bits per heavy atom. The number of aliphatic imine (C=N–C) groups is 1. The molecule has 0 amide bonds. The van der Waals surface area contributed by atoms with Crippen LogP contribution >= 0.6 is 24.0 Å². The average Bonchev–Trinajstić information content (AvgIpc) is 3.14. The molecule has 2 aliphatic heterocycles. The van der Waals surface area contributed by atoms with E-state index in [0.717, 1.165) is 45.2 Å². The van der Waals surface area contributed by atoms with E-state index in [-0.39, 0.29) is 24.0 Å². The van der Waals surface area contributed by atoms with Gasteiger partial charge in [-0.2, -0.15) is 0 Å². The van der Waals surface area contributed by atoms with Gasteiger partial charge >= 0.3 is 0 Å². The van der Waals surface area contributed by atoms with E-state index < -0.39 is 0 Å². The molecule has 0 bridgehead atoms. The second-order valence-corrected chi connectivity index (χ2v) is 7.61. The van der Waals surface area contributed by atoms with Crippen LogP contribution in [0.1, 0.15) is 19.4 Å². The summed E-state index contributed by atoms with van der Waals surface area (Å²) in [6, 6.07) is 0.988. The van der Waals surface area contributed by atoms with Crippen molar-refractivity contribution in [3.8, 4) is 0 Å². The number of halogens is 1. The Kier molecular flexibility index (Phi) is 8.15. The lowest BCUT2D eigenvalue weighted by molar-refractivity contribution is 0.115. The van der Waals surface area contributed by atoms with Crippen LogP contribution in [-0.2, 0) is 0 Å². The van der Waals surface area contributed by atoms with E-state index >= 15 is 0 Å². The van der Waals surface area contributed by atoms with Gasteiger partial charge in [0.25, 0.3) is 0 Å². The summed E-state index contributed by atoms with van der Waals surface area (Å²) in [7, 11) is 6.32. The molecule has 8 heteroatoms. The highest BCUT2D eigenvalue weighted by atomic mass is 127.